The van der Waals surface area contributed by atoms with Gasteiger partial charge in [0, 0.05) is 19.0 Å². The van der Waals surface area contributed by atoms with Gasteiger partial charge in [-0.3, -0.25) is 4.79 Å². The van der Waals surface area contributed by atoms with Crippen molar-refractivity contribution < 1.29 is 14.3 Å². The molecule has 0 radical (unpaired) electrons. The van der Waals surface area contributed by atoms with Gasteiger partial charge in [0.25, 0.3) is 0 Å². The van der Waals surface area contributed by atoms with Crippen LogP contribution in [0, 0.1) is 0 Å². The maximum absolute atomic E-state index is 12.0. The lowest BCUT2D eigenvalue weighted by atomic mass is 10.2. The molecule has 0 spiro atoms. The molecule has 1 heterocycles. The maximum Gasteiger partial charge on any atom is 0.227 e. The second-order valence-corrected chi connectivity index (χ2v) is 5.51. The van der Waals surface area contributed by atoms with Gasteiger partial charge < -0.3 is 14.4 Å². The first-order valence-corrected chi connectivity index (χ1v) is 7.43. The van der Waals surface area contributed by atoms with Crippen LogP contribution in [0.25, 0.3) is 0 Å². The Morgan fingerprint density at radius 1 is 1.20 bits per heavy atom. The third-order valence-corrected chi connectivity index (χ3v) is 4.13. The van der Waals surface area contributed by atoms with Gasteiger partial charge in [0.05, 0.1) is 18.9 Å². The van der Waals surface area contributed by atoms with E-state index in [1.807, 2.05) is 23.1 Å². The van der Waals surface area contributed by atoms with E-state index in [1.165, 1.54) is 12.8 Å². The molecular formula is C16H21NO3. The van der Waals surface area contributed by atoms with Gasteiger partial charge in [0.1, 0.15) is 11.5 Å². The van der Waals surface area contributed by atoms with E-state index in [0.717, 1.165) is 43.0 Å². The van der Waals surface area contributed by atoms with E-state index in [1.54, 1.807) is 7.11 Å². The highest BCUT2D eigenvalue weighted by molar-refractivity contribution is 5.96. The quantitative estimate of drug-likeness (QED) is 0.847. The van der Waals surface area contributed by atoms with Gasteiger partial charge in [0.15, 0.2) is 0 Å². The number of carbonyl (C=O) groups excluding carboxylic acids is 1. The number of ether oxygens (including phenoxy) is 2. The molecule has 0 atom stereocenters. The Hall–Kier alpha value is -1.71. The lowest BCUT2D eigenvalue weighted by Gasteiger charge is -2.22. The van der Waals surface area contributed by atoms with Crippen LogP contribution in [0.3, 0.4) is 0 Å². The third-order valence-electron chi connectivity index (χ3n) is 4.13. The second kappa shape index (κ2) is 5.73. The monoisotopic (exact) mass is 275 g/mol. The number of anilines is 1. The summed E-state index contributed by atoms with van der Waals surface area (Å²) in [6.07, 6.45) is 6.50. The SMILES string of the molecule is COc1ccc(N2CCCC2=O)c(OC2CCCC2)c1. The lowest BCUT2D eigenvalue weighted by Crippen LogP contribution is -2.25. The lowest BCUT2D eigenvalue weighted by molar-refractivity contribution is -0.117. The molecule has 1 aromatic rings. The number of carbonyl (C=O) groups is 1. The van der Waals surface area contributed by atoms with E-state index < -0.39 is 0 Å². The van der Waals surface area contributed by atoms with Crippen molar-refractivity contribution in [3.8, 4) is 11.5 Å². The average Bonchev–Trinajstić information content (AvgIpc) is 3.10. The maximum atomic E-state index is 12.0. The van der Waals surface area contributed by atoms with E-state index in [2.05, 4.69) is 0 Å². The largest absolute Gasteiger partial charge is 0.497 e. The zero-order valence-electron chi connectivity index (χ0n) is 11.9. The van der Waals surface area contributed by atoms with E-state index >= 15 is 0 Å². The fourth-order valence-electron chi connectivity index (χ4n) is 3.03. The van der Waals surface area contributed by atoms with Crippen LogP contribution in [0.5, 0.6) is 11.5 Å². The van der Waals surface area contributed by atoms with Crippen molar-refractivity contribution in [3.63, 3.8) is 0 Å². The molecule has 1 saturated heterocycles. The molecule has 2 aliphatic rings. The molecule has 108 valence electrons. The van der Waals surface area contributed by atoms with Crippen LogP contribution < -0.4 is 14.4 Å². The van der Waals surface area contributed by atoms with Gasteiger partial charge in [-0.2, -0.15) is 0 Å². The molecule has 4 heteroatoms. The number of amides is 1. The molecule has 3 rings (SSSR count). The summed E-state index contributed by atoms with van der Waals surface area (Å²) in [6, 6.07) is 5.73. The molecule has 4 nitrogen and oxygen atoms in total. The van der Waals surface area contributed by atoms with Crippen molar-refractivity contribution in [1.82, 2.24) is 0 Å². The van der Waals surface area contributed by atoms with Gasteiger partial charge >= 0.3 is 0 Å². The minimum Gasteiger partial charge on any atom is -0.497 e. The topological polar surface area (TPSA) is 38.8 Å². The first-order valence-electron chi connectivity index (χ1n) is 7.43. The molecule has 0 aromatic heterocycles. The number of methoxy groups -OCH3 is 1. The molecule has 1 aromatic carbocycles. The Bertz CT molecular complexity index is 494. The summed E-state index contributed by atoms with van der Waals surface area (Å²) in [7, 11) is 1.65. The molecule has 1 aliphatic heterocycles. The molecule has 0 unspecified atom stereocenters. The molecule has 1 aliphatic carbocycles. The Kier molecular flexibility index (Phi) is 3.81. The van der Waals surface area contributed by atoms with E-state index in [4.69, 9.17) is 9.47 Å². The number of hydrogen-bond acceptors (Lipinski definition) is 3. The van der Waals surface area contributed by atoms with Gasteiger partial charge in [-0.25, -0.2) is 0 Å². The van der Waals surface area contributed by atoms with Crippen molar-refractivity contribution in [2.75, 3.05) is 18.6 Å². The van der Waals surface area contributed by atoms with Crippen LogP contribution in [-0.2, 0) is 4.79 Å². The van der Waals surface area contributed by atoms with E-state index in [0.29, 0.717) is 6.42 Å². The number of nitrogens with zero attached hydrogens (tertiary/aromatic N) is 1. The smallest absolute Gasteiger partial charge is 0.227 e. The Labute approximate surface area is 119 Å². The van der Waals surface area contributed by atoms with Crippen molar-refractivity contribution in [2.24, 2.45) is 0 Å². The highest BCUT2D eigenvalue weighted by atomic mass is 16.5. The van der Waals surface area contributed by atoms with Gasteiger partial charge in [-0.05, 0) is 44.2 Å². The predicted octanol–water partition coefficient (Wildman–Crippen LogP) is 3.14. The van der Waals surface area contributed by atoms with Crippen molar-refractivity contribution in [1.29, 1.82) is 0 Å². The standard InChI is InChI=1S/C16H21NO3/c1-19-13-8-9-14(17-10-4-7-16(17)18)15(11-13)20-12-5-2-3-6-12/h8-9,11-12H,2-7,10H2,1H3. The highest BCUT2D eigenvalue weighted by Crippen LogP contribution is 2.37. The molecular weight excluding hydrogens is 254 g/mol. The fourth-order valence-corrected chi connectivity index (χ4v) is 3.03. The van der Waals surface area contributed by atoms with Crippen LogP contribution >= 0.6 is 0 Å². The predicted molar refractivity (Wildman–Crippen MR) is 77.5 cm³/mol. The minimum absolute atomic E-state index is 0.187. The van der Waals surface area contributed by atoms with Crippen LogP contribution in [0.15, 0.2) is 18.2 Å². The average molecular weight is 275 g/mol. The number of hydrogen-bond donors (Lipinski definition) is 0. The van der Waals surface area contributed by atoms with Gasteiger partial charge in [0.2, 0.25) is 5.91 Å². The van der Waals surface area contributed by atoms with Crippen molar-refractivity contribution >= 4 is 11.6 Å². The normalized spacial score (nSPS) is 19.6. The summed E-state index contributed by atoms with van der Waals surface area (Å²) in [5.74, 6) is 1.74. The van der Waals surface area contributed by atoms with Gasteiger partial charge in [-0.1, -0.05) is 0 Å². The van der Waals surface area contributed by atoms with Crippen LogP contribution in [0.1, 0.15) is 38.5 Å². The third kappa shape index (κ3) is 2.60. The molecule has 0 N–H and O–H groups in total. The summed E-state index contributed by atoms with van der Waals surface area (Å²) >= 11 is 0. The summed E-state index contributed by atoms with van der Waals surface area (Å²) in [4.78, 5) is 13.8. The van der Waals surface area contributed by atoms with E-state index in [-0.39, 0.29) is 12.0 Å². The van der Waals surface area contributed by atoms with Crippen molar-refractivity contribution in [3.05, 3.63) is 18.2 Å². The summed E-state index contributed by atoms with van der Waals surface area (Å²) in [5.41, 5.74) is 0.889. The first-order chi connectivity index (χ1) is 9.78. The summed E-state index contributed by atoms with van der Waals surface area (Å²) < 4.78 is 11.4. The summed E-state index contributed by atoms with van der Waals surface area (Å²) in [6.45, 7) is 0.784. The zero-order chi connectivity index (χ0) is 13.9. The highest BCUT2D eigenvalue weighted by Gasteiger charge is 2.26. The Morgan fingerprint density at radius 3 is 2.65 bits per heavy atom. The molecule has 2 fully saturated rings. The minimum atomic E-state index is 0.187. The molecule has 20 heavy (non-hydrogen) atoms. The fraction of sp³-hybridized carbons (Fsp3) is 0.562. The zero-order valence-corrected chi connectivity index (χ0v) is 11.9. The molecule has 0 bridgehead atoms. The first kappa shape index (κ1) is 13.3. The number of rotatable bonds is 4. The molecule has 1 amide bonds. The Morgan fingerprint density at radius 2 is 2.00 bits per heavy atom. The Balaban J connectivity index is 1.88. The van der Waals surface area contributed by atoms with Crippen molar-refractivity contribution in [2.45, 2.75) is 44.6 Å². The second-order valence-electron chi connectivity index (χ2n) is 5.51. The number of benzene rings is 1. The van der Waals surface area contributed by atoms with Crippen LogP contribution in [0.4, 0.5) is 5.69 Å². The van der Waals surface area contributed by atoms with Crippen LogP contribution in [0.2, 0.25) is 0 Å². The van der Waals surface area contributed by atoms with E-state index in [9.17, 15) is 4.79 Å². The summed E-state index contributed by atoms with van der Waals surface area (Å²) in [5, 5.41) is 0. The van der Waals surface area contributed by atoms with Gasteiger partial charge in [-0.15, -0.1) is 0 Å². The van der Waals surface area contributed by atoms with Crippen LogP contribution in [-0.4, -0.2) is 25.7 Å². The molecule has 1 saturated carbocycles.